The van der Waals surface area contributed by atoms with Crippen LogP contribution >= 0.6 is 69.6 Å². The first-order chi connectivity index (χ1) is 18.8. The zero-order valence-corrected chi connectivity index (χ0v) is 26.2. The van der Waals surface area contributed by atoms with E-state index in [2.05, 4.69) is 0 Å². The molecule has 0 N–H and O–H groups in total. The smallest absolute Gasteiger partial charge is 0.418 e. The van der Waals surface area contributed by atoms with Gasteiger partial charge >= 0.3 is 23.9 Å². The van der Waals surface area contributed by atoms with Crippen LogP contribution in [-0.2, 0) is 38.1 Å². The third-order valence-electron chi connectivity index (χ3n) is 5.78. The maximum Gasteiger partial charge on any atom is 0.418 e. The predicted molar refractivity (Wildman–Crippen MR) is 154 cm³/mol. The number of carbonyl (C=O) groups excluding carboxylic acids is 4. The minimum absolute atomic E-state index is 0.0595. The van der Waals surface area contributed by atoms with Crippen LogP contribution in [0.4, 0.5) is 0 Å². The Morgan fingerprint density at radius 3 is 1.32 bits per heavy atom. The number of hydrogen-bond donors (Lipinski definition) is 0. The average molecular weight is 681 g/mol. The third-order valence-corrected chi connectivity index (χ3v) is 8.21. The number of alkyl halides is 2. The minimum atomic E-state index is -2.12. The molecule has 14 heteroatoms. The van der Waals surface area contributed by atoms with Crippen LogP contribution in [0.1, 0.15) is 52.4 Å². The van der Waals surface area contributed by atoms with Crippen LogP contribution in [0.5, 0.6) is 0 Å². The minimum Gasteiger partial charge on any atom is -0.464 e. The fraction of sp³-hybridized carbons (Fsp3) is 0.538. The van der Waals surface area contributed by atoms with Gasteiger partial charge in [-0.2, -0.15) is 0 Å². The van der Waals surface area contributed by atoms with Crippen molar-refractivity contribution in [1.29, 1.82) is 0 Å². The zero-order valence-electron chi connectivity index (χ0n) is 21.7. The van der Waals surface area contributed by atoms with Gasteiger partial charge in [0, 0.05) is 0 Å². The highest BCUT2D eigenvalue weighted by Crippen LogP contribution is 2.40. The van der Waals surface area contributed by atoms with Gasteiger partial charge in [-0.05, 0) is 37.1 Å². The molecule has 2 aliphatic carbocycles. The van der Waals surface area contributed by atoms with Gasteiger partial charge in [-0.1, -0.05) is 109 Å². The van der Waals surface area contributed by atoms with Crippen LogP contribution in [-0.4, -0.2) is 59.0 Å². The van der Waals surface area contributed by atoms with Crippen LogP contribution in [0.15, 0.2) is 44.4 Å². The standard InChI is InChI=1S/C26H28Cl6O8/c1-3-5-7-9-37-23(35)25(31)13-17(29)15(27)11-19(25)39-21(33)22(34)40-20-12-16(28)18(30)14-26(20,32)24(36)38-10-8-6-4-2/h11-14,19-20H,3-10H2,1-2H3. The summed E-state index contributed by atoms with van der Waals surface area (Å²) in [6, 6.07) is 0. The van der Waals surface area contributed by atoms with E-state index in [0.717, 1.165) is 50.0 Å². The Balaban J connectivity index is 2.19. The molecule has 8 nitrogen and oxygen atoms in total. The van der Waals surface area contributed by atoms with Gasteiger partial charge in [0.15, 0.2) is 12.2 Å². The van der Waals surface area contributed by atoms with Gasteiger partial charge in [-0.25, -0.2) is 19.2 Å². The van der Waals surface area contributed by atoms with E-state index in [9.17, 15) is 19.2 Å². The Bertz CT molecular complexity index is 1030. The van der Waals surface area contributed by atoms with Crippen molar-refractivity contribution in [3.05, 3.63) is 44.4 Å². The zero-order chi connectivity index (χ0) is 30.1. The molecule has 0 saturated carbocycles. The Labute approximate surface area is 262 Å². The second kappa shape index (κ2) is 15.7. The molecule has 2 rings (SSSR count). The van der Waals surface area contributed by atoms with E-state index in [4.69, 9.17) is 88.6 Å². The summed E-state index contributed by atoms with van der Waals surface area (Å²) in [5, 5.41) is -0.357. The summed E-state index contributed by atoms with van der Waals surface area (Å²) in [5.74, 6) is -5.10. The lowest BCUT2D eigenvalue weighted by Gasteiger charge is -2.33. The summed E-state index contributed by atoms with van der Waals surface area (Å²) in [6.07, 6.45) is 5.61. The lowest BCUT2D eigenvalue weighted by molar-refractivity contribution is -0.175. The highest BCUT2D eigenvalue weighted by atomic mass is 35.5. The molecule has 0 amide bonds. The number of allylic oxidation sites excluding steroid dienone is 4. The number of hydrogen-bond acceptors (Lipinski definition) is 8. The van der Waals surface area contributed by atoms with Crippen LogP contribution in [0, 0.1) is 0 Å². The van der Waals surface area contributed by atoms with Gasteiger partial charge in [-0.15, -0.1) is 0 Å². The molecule has 0 aliphatic heterocycles. The normalized spacial score (nSPS) is 26.0. The van der Waals surface area contributed by atoms with E-state index in [1.807, 2.05) is 13.8 Å². The largest absolute Gasteiger partial charge is 0.464 e. The summed E-state index contributed by atoms with van der Waals surface area (Å²) in [7, 11) is 0. The van der Waals surface area contributed by atoms with Crippen molar-refractivity contribution in [3.63, 3.8) is 0 Å². The van der Waals surface area contributed by atoms with E-state index in [1.54, 1.807) is 0 Å². The number of rotatable bonds is 12. The van der Waals surface area contributed by atoms with Gasteiger partial charge in [0.1, 0.15) is 0 Å². The van der Waals surface area contributed by atoms with E-state index < -0.39 is 45.8 Å². The number of halogens is 6. The molecule has 222 valence electrons. The van der Waals surface area contributed by atoms with Crippen LogP contribution < -0.4 is 0 Å². The predicted octanol–water partition coefficient (Wildman–Crippen LogP) is 6.75. The fourth-order valence-electron chi connectivity index (χ4n) is 3.51. The molecule has 4 unspecified atom stereocenters. The van der Waals surface area contributed by atoms with Gasteiger partial charge in [0.05, 0.1) is 33.3 Å². The number of carbonyl (C=O) groups is 4. The van der Waals surface area contributed by atoms with Crippen LogP contribution in [0.3, 0.4) is 0 Å². The monoisotopic (exact) mass is 678 g/mol. The summed E-state index contributed by atoms with van der Waals surface area (Å²) in [6.45, 7) is 4.07. The van der Waals surface area contributed by atoms with Gasteiger partial charge in [0.25, 0.3) is 0 Å². The summed E-state index contributed by atoms with van der Waals surface area (Å²) < 4.78 is 20.8. The first-order valence-corrected chi connectivity index (χ1v) is 14.7. The Kier molecular flexibility index (Phi) is 13.7. The van der Waals surface area contributed by atoms with Crippen molar-refractivity contribution in [1.82, 2.24) is 0 Å². The number of unbranched alkanes of at least 4 members (excludes halogenated alkanes) is 4. The lowest BCUT2D eigenvalue weighted by atomic mass is 9.96. The first kappa shape index (κ1) is 34.8. The lowest BCUT2D eigenvalue weighted by Crippen LogP contribution is -2.50. The van der Waals surface area contributed by atoms with Crippen LogP contribution in [0.25, 0.3) is 0 Å². The maximum absolute atomic E-state index is 12.8. The molecule has 0 bridgehead atoms. The van der Waals surface area contributed by atoms with Crippen molar-refractivity contribution in [2.24, 2.45) is 0 Å². The highest BCUT2D eigenvalue weighted by Gasteiger charge is 2.51. The molecule has 0 spiro atoms. The molecule has 0 aromatic rings. The van der Waals surface area contributed by atoms with Gasteiger partial charge in [-0.3, -0.25) is 0 Å². The second-order valence-corrected chi connectivity index (χ2v) is 11.8. The maximum atomic E-state index is 12.8. The molecule has 0 fully saturated rings. The average Bonchev–Trinajstić information content (AvgIpc) is 2.90. The van der Waals surface area contributed by atoms with Gasteiger partial charge in [0.2, 0.25) is 9.75 Å². The quantitative estimate of drug-likeness (QED) is 0.0733. The summed E-state index contributed by atoms with van der Waals surface area (Å²) >= 11 is 37.2. The van der Waals surface area contributed by atoms with Crippen molar-refractivity contribution >= 4 is 93.5 Å². The van der Waals surface area contributed by atoms with E-state index in [1.165, 1.54) is 0 Å². The second-order valence-electron chi connectivity index (χ2n) is 8.89. The van der Waals surface area contributed by atoms with E-state index in [0.29, 0.717) is 12.8 Å². The summed E-state index contributed by atoms with van der Waals surface area (Å²) in [5.41, 5.74) is 0. The SMILES string of the molecule is CCCCCOC(=O)C1(Cl)C=C(Cl)C(Cl)=CC1OC(=O)C(=O)OC1C=C(Cl)C(Cl)=CC1(Cl)C(=O)OCCCCC. The van der Waals surface area contributed by atoms with Gasteiger partial charge < -0.3 is 18.9 Å². The molecule has 0 saturated heterocycles. The molecule has 0 heterocycles. The molecule has 2 aliphatic rings. The fourth-order valence-corrected chi connectivity index (χ4v) is 4.97. The third kappa shape index (κ3) is 8.79. The molecular weight excluding hydrogens is 653 g/mol. The molecular formula is C26H28Cl6O8. The summed E-state index contributed by atoms with van der Waals surface area (Å²) in [4.78, 5) is 46.9. The van der Waals surface area contributed by atoms with E-state index >= 15 is 0 Å². The number of esters is 4. The molecule has 0 aromatic carbocycles. The highest BCUT2D eigenvalue weighted by molar-refractivity contribution is 6.47. The Hall–Kier alpha value is -1.42. The molecule has 4 atom stereocenters. The van der Waals surface area contributed by atoms with Crippen molar-refractivity contribution in [2.45, 2.75) is 74.3 Å². The first-order valence-electron chi connectivity index (χ1n) is 12.5. The van der Waals surface area contributed by atoms with Crippen molar-refractivity contribution in [2.75, 3.05) is 13.2 Å². The molecule has 0 aromatic heterocycles. The van der Waals surface area contributed by atoms with E-state index in [-0.39, 0.29) is 33.3 Å². The van der Waals surface area contributed by atoms with Crippen molar-refractivity contribution < 1.29 is 38.1 Å². The van der Waals surface area contributed by atoms with Crippen LogP contribution in [0.2, 0.25) is 0 Å². The number of ether oxygens (including phenoxy) is 4. The molecule has 0 radical (unpaired) electrons. The topological polar surface area (TPSA) is 105 Å². The Morgan fingerprint density at radius 2 is 1.00 bits per heavy atom. The van der Waals surface area contributed by atoms with Crippen molar-refractivity contribution in [3.8, 4) is 0 Å². The molecule has 40 heavy (non-hydrogen) atoms. The Morgan fingerprint density at radius 1 is 0.650 bits per heavy atom.